The Labute approximate surface area is 273 Å². The van der Waals surface area contributed by atoms with Gasteiger partial charge in [-0.1, -0.05) is 93.6 Å². The number of likely N-dealkylation sites (tertiary alicyclic amines) is 1. The largest absolute Gasteiger partial charge is 0.394 e. The predicted octanol–water partition coefficient (Wildman–Crippen LogP) is 4.98. The van der Waals surface area contributed by atoms with Crippen molar-refractivity contribution in [1.82, 2.24) is 14.7 Å². The van der Waals surface area contributed by atoms with E-state index in [2.05, 4.69) is 13.2 Å². The molecule has 1 spiro atoms. The van der Waals surface area contributed by atoms with Crippen LogP contribution in [0.25, 0.3) is 0 Å². The molecular formula is C38H49N3O5. The van der Waals surface area contributed by atoms with Gasteiger partial charge in [0.15, 0.2) is 0 Å². The Bertz CT molecular complexity index is 1410. The highest BCUT2D eigenvalue weighted by Gasteiger charge is 2.79. The molecule has 2 aromatic rings. The van der Waals surface area contributed by atoms with E-state index in [4.69, 9.17) is 4.74 Å². The van der Waals surface area contributed by atoms with Crippen molar-refractivity contribution >= 4 is 17.7 Å². The average Bonchev–Trinajstić information content (AvgIpc) is 3.67. The molecule has 8 nitrogen and oxygen atoms in total. The van der Waals surface area contributed by atoms with Crippen molar-refractivity contribution in [1.29, 1.82) is 0 Å². The summed E-state index contributed by atoms with van der Waals surface area (Å²) in [6.07, 6.45) is 5.52. The fraction of sp³-hybridized carbons (Fsp3) is 0.500. The van der Waals surface area contributed by atoms with Crippen molar-refractivity contribution in [3.8, 4) is 0 Å². The Morgan fingerprint density at radius 2 is 1.50 bits per heavy atom. The molecule has 6 atom stereocenters. The molecular weight excluding hydrogens is 578 g/mol. The quantitative estimate of drug-likeness (QED) is 0.282. The first kappa shape index (κ1) is 33.6. The molecule has 5 rings (SSSR count). The minimum atomic E-state index is -1.18. The number of fused-ring (bicyclic) bond motifs is 1. The first-order chi connectivity index (χ1) is 22.2. The summed E-state index contributed by atoms with van der Waals surface area (Å²) in [4.78, 5) is 49.6. The molecule has 246 valence electrons. The Morgan fingerprint density at radius 1 is 0.957 bits per heavy atom. The fourth-order valence-electron chi connectivity index (χ4n) is 8.28. The van der Waals surface area contributed by atoms with Gasteiger partial charge in [0.1, 0.15) is 11.6 Å². The van der Waals surface area contributed by atoms with Crippen LogP contribution >= 0.6 is 0 Å². The molecule has 46 heavy (non-hydrogen) atoms. The molecule has 3 aliphatic heterocycles. The highest BCUT2D eigenvalue weighted by atomic mass is 16.5. The number of benzene rings is 2. The average molecular weight is 628 g/mol. The second-order valence-corrected chi connectivity index (χ2v) is 13.5. The van der Waals surface area contributed by atoms with E-state index in [0.29, 0.717) is 45.3 Å². The summed E-state index contributed by atoms with van der Waals surface area (Å²) in [6.45, 7) is 14.9. The number of hydrogen-bond acceptors (Lipinski definition) is 5. The lowest BCUT2D eigenvalue weighted by Crippen LogP contribution is -2.59. The third-order valence-corrected chi connectivity index (χ3v) is 10.2. The van der Waals surface area contributed by atoms with Gasteiger partial charge in [0.05, 0.1) is 30.1 Å². The van der Waals surface area contributed by atoms with E-state index < -0.39 is 35.1 Å². The summed E-state index contributed by atoms with van der Waals surface area (Å²) in [6, 6.07) is 18.0. The number of carbonyl (C=O) groups is 3. The standard InChI is InChI=1S/C38H49N3O5/c1-6-21-39(24-28-15-11-9-12-16-28)34(43)31-32-35(44)41(30(26-42)23-27(4)5)33(38(32)20-19-37(31,8-3)46-38)36(45)40(22-7-2)25-29-17-13-10-14-18-29/h6-7,9-18,27,30-33,42H,1-2,8,19-26H2,3-5H3/t30-,31-,32+,33?,37+,38?/m1/s1. The molecule has 3 fully saturated rings. The minimum Gasteiger partial charge on any atom is -0.394 e. The highest BCUT2D eigenvalue weighted by molar-refractivity contribution is 5.99. The number of rotatable bonds is 15. The summed E-state index contributed by atoms with van der Waals surface area (Å²) in [5.74, 6) is -2.11. The third kappa shape index (κ3) is 5.93. The van der Waals surface area contributed by atoms with Gasteiger partial charge in [-0.05, 0) is 42.7 Å². The molecule has 8 heteroatoms. The van der Waals surface area contributed by atoms with Crippen molar-refractivity contribution in [2.45, 2.75) is 82.8 Å². The Morgan fingerprint density at radius 3 is 1.98 bits per heavy atom. The highest BCUT2D eigenvalue weighted by Crippen LogP contribution is 2.65. The summed E-state index contributed by atoms with van der Waals surface area (Å²) >= 11 is 0. The van der Waals surface area contributed by atoms with Crippen molar-refractivity contribution < 1.29 is 24.2 Å². The van der Waals surface area contributed by atoms with Gasteiger partial charge < -0.3 is 24.5 Å². The van der Waals surface area contributed by atoms with E-state index in [9.17, 15) is 19.5 Å². The van der Waals surface area contributed by atoms with Gasteiger partial charge in [0, 0.05) is 26.2 Å². The first-order valence-corrected chi connectivity index (χ1v) is 16.7. The SMILES string of the molecule is C=CCN(Cc1ccccc1)C(=O)C1N([C@@H](CO)CC(C)C)C(=O)[C@@H]2[C@H](C(=O)N(CC=C)Cc3ccccc3)[C@]3(CC)CCC12O3. The van der Waals surface area contributed by atoms with E-state index >= 15 is 0 Å². The lowest BCUT2D eigenvalue weighted by molar-refractivity contribution is -0.158. The Kier molecular flexibility index (Phi) is 10.2. The maximum Gasteiger partial charge on any atom is 0.249 e. The van der Waals surface area contributed by atoms with Crippen LogP contribution in [0.2, 0.25) is 0 Å². The molecule has 2 aromatic carbocycles. The molecule has 0 aromatic heterocycles. The molecule has 3 aliphatic rings. The summed E-state index contributed by atoms with van der Waals surface area (Å²) < 4.78 is 7.05. The lowest BCUT2D eigenvalue weighted by Gasteiger charge is -2.40. The maximum atomic E-state index is 14.9. The van der Waals surface area contributed by atoms with E-state index in [1.807, 2.05) is 81.4 Å². The van der Waals surface area contributed by atoms with E-state index in [0.717, 1.165) is 11.1 Å². The number of aliphatic hydroxyl groups excluding tert-OH is 1. The van der Waals surface area contributed by atoms with Gasteiger partial charge in [-0.15, -0.1) is 13.2 Å². The zero-order valence-corrected chi connectivity index (χ0v) is 27.5. The van der Waals surface area contributed by atoms with Gasteiger partial charge in [-0.2, -0.15) is 0 Å². The van der Waals surface area contributed by atoms with Crippen LogP contribution < -0.4 is 0 Å². The van der Waals surface area contributed by atoms with Crippen molar-refractivity contribution in [2.75, 3.05) is 19.7 Å². The number of carbonyl (C=O) groups excluding carboxylic acids is 3. The minimum absolute atomic E-state index is 0.157. The van der Waals surface area contributed by atoms with Gasteiger partial charge in [0.25, 0.3) is 0 Å². The van der Waals surface area contributed by atoms with Crippen molar-refractivity contribution in [3.63, 3.8) is 0 Å². The fourth-order valence-corrected chi connectivity index (χ4v) is 8.28. The van der Waals surface area contributed by atoms with Crippen LogP contribution in [0.5, 0.6) is 0 Å². The van der Waals surface area contributed by atoms with Gasteiger partial charge in [0.2, 0.25) is 17.7 Å². The molecule has 2 unspecified atom stereocenters. The Balaban J connectivity index is 1.59. The zero-order chi connectivity index (χ0) is 33.1. The zero-order valence-electron chi connectivity index (χ0n) is 27.5. The van der Waals surface area contributed by atoms with Crippen LogP contribution in [0.4, 0.5) is 0 Å². The molecule has 3 amide bonds. The molecule has 0 aliphatic carbocycles. The van der Waals surface area contributed by atoms with Gasteiger partial charge >= 0.3 is 0 Å². The molecule has 3 heterocycles. The van der Waals surface area contributed by atoms with Crippen LogP contribution in [-0.2, 0) is 32.2 Å². The first-order valence-electron chi connectivity index (χ1n) is 16.7. The topological polar surface area (TPSA) is 90.4 Å². The van der Waals surface area contributed by atoms with Crippen LogP contribution in [0.3, 0.4) is 0 Å². The molecule has 2 bridgehead atoms. The molecule has 0 saturated carbocycles. The Hall–Kier alpha value is -3.75. The monoisotopic (exact) mass is 627 g/mol. The number of hydrogen-bond donors (Lipinski definition) is 1. The van der Waals surface area contributed by atoms with Crippen LogP contribution in [0.1, 0.15) is 57.6 Å². The second-order valence-electron chi connectivity index (χ2n) is 13.5. The van der Waals surface area contributed by atoms with E-state index in [1.165, 1.54) is 0 Å². The third-order valence-electron chi connectivity index (χ3n) is 10.2. The summed E-state index contributed by atoms with van der Waals surface area (Å²) in [5.41, 5.74) is -0.113. The smallest absolute Gasteiger partial charge is 0.249 e. The van der Waals surface area contributed by atoms with E-state index in [-0.39, 0.29) is 36.8 Å². The number of amides is 3. The molecule has 1 N–H and O–H groups in total. The van der Waals surface area contributed by atoms with Crippen LogP contribution in [-0.4, -0.2) is 80.5 Å². The maximum absolute atomic E-state index is 14.9. The lowest BCUT2D eigenvalue weighted by atomic mass is 9.64. The summed E-state index contributed by atoms with van der Waals surface area (Å²) in [7, 11) is 0. The molecule has 0 radical (unpaired) electrons. The number of nitrogens with zero attached hydrogens (tertiary/aromatic N) is 3. The van der Waals surface area contributed by atoms with Crippen molar-refractivity contribution in [2.24, 2.45) is 17.8 Å². The predicted molar refractivity (Wildman–Crippen MR) is 178 cm³/mol. The van der Waals surface area contributed by atoms with Gasteiger partial charge in [-0.25, -0.2) is 0 Å². The van der Waals surface area contributed by atoms with E-state index in [1.54, 1.807) is 26.9 Å². The van der Waals surface area contributed by atoms with Crippen molar-refractivity contribution in [3.05, 3.63) is 97.1 Å². The normalized spacial score (nSPS) is 27.0. The summed E-state index contributed by atoms with van der Waals surface area (Å²) in [5, 5.41) is 10.7. The van der Waals surface area contributed by atoms with Crippen LogP contribution in [0.15, 0.2) is 86.0 Å². The number of ether oxygens (including phenoxy) is 1. The van der Waals surface area contributed by atoms with Crippen LogP contribution in [0, 0.1) is 17.8 Å². The van der Waals surface area contributed by atoms with Gasteiger partial charge in [-0.3, -0.25) is 14.4 Å². The number of aliphatic hydroxyl groups is 1. The second kappa shape index (κ2) is 13.9. The molecule has 3 saturated heterocycles.